The van der Waals surface area contributed by atoms with E-state index in [1.807, 2.05) is 26.0 Å². The Kier molecular flexibility index (Phi) is 3.36. The number of amides is 2. The maximum absolute atomic E-state index is 13.6. The molecule has 6 aliphatic carbocycles. The zero-order chi connectivity index (χ0) is 20.3. The predicted molar refractivity (Wildman–Crippen MR) is 116 cm³/mol. The van der Waals surface area contributed by atoms with Crippen LogP contribution in [0.25, 0.3) is 0 Å². The van der Waals surface area contributed by atoms with Crippen LogP contribution < -0.4 is 4.90 Å². The van der Waals surface area contributed by atoms with Crippen LogP contribution >= 0.6 is 0 Å². The van der Waals surface area contributed by atoms with Crippen LogP contribution in [0.15, 0.2) is 41.5 Å². The first-order chi connectivity index (χ1) is 14.5. The first-order valence-electron chi connectivity index (χ1n) is 11.9. The summed E-state index contributed by atoms with van der Waals surface area (Å²) in [5.41, 5.74) is 6.18. The molecule has 30 heavy (non-hydrogen) atoms. The summed E-state index contributed by atoms with van der Waals surface area (Å²) in [4.78, 5) is 28.7. The Hall–Kier alpha value is -2.16. The Bertz CT molecular complexity index is 978. The number of nitrogens with zero attached hydrogens (tertiary/aromatic N) is 1. The Labute approximate surface area is 178 Å². The minimum atomic E-state index is -0.173. The SMILES string of the molecule is Cc1cc(C)cc(N2C(=O)[C@@H]3[C@@H](C2=O)[C@H]2C=C[C@@H]3C2=C2C3CC4CC(C3)CC2C4)c1. The van der Waals surface area contributed by atoms with E-state index in [0.717, 1.165) is 40.5 Å². The summed E-state index contributed by atoms with van der Waals surface area (Å²) in [6, 6.07) is 6.06. The average Bonchev–Trinajstić information content (AvgIpc) is 3.30. The number of imide groups is 1. The maximum Gasteiger partial charge on any atom is 0.238 e. The molecule has 5 saturated carbocycles. The minimum Gasteiger partial charge on any atom is -0.274 e. The summed E-state index contributed by atoms with van der Waals surface area (Å²) in [7, 11) is 0. The molecule has 0 spiro atoms. The molecule has 1 saturated heterocycles. The van der Waals surface area contributed by atoms with Gasteiger partial charge in [0.25, 0.3) is 0 Å². The molecule has 3 nitrogen and oxygen atoms in total. The lowest BCUT2D eigenvalue weighted by Gasteiger charge is -2.52. The van der Waals surface area contributed by atoms with Gasteiger partial charge >= 0.3 is 0 Å². The van der Waals surface area contributed by atoms with Crippen molar-refractivity contribution in [2.45, 2.75) is 46.0 Å². The zero-order valence-electron chi connectivity index (χ0n) is 17.8. The molecule has 0 radical (unpaired) electrons. The predicted octanol–water partition coefficient (Wildman–Crippen LogP) is 4.98. The monoisotopic (exact) mass is 399 g/mol. The second kappa shape index (κ2) is 5.75. The lowest BCUT2D eigenvalue weighted by Crippen LogP contribution is -2.41. The number of hydrogen-bond acceptors (Lipinski definition) is 2. The van der Waals surface area contributed by atoms with Crippen LogP contribution in [-0.4, -0.2) is 11.8 Å². The molecule has 6 bridgehead atoms. The quantitative estimate of drug-likeness (QED) is 0.493. The molecule has 4 atom stereocenters. The third-order valence-electron chi connectivity index (χ3n) is 9.23. The molecular formula is C27H29NO2. The number of benzene rings is 1. The number of hydrogen-bond donors (Lipinski definition) is 0. The molecule has 154 valence electrons. The molecule has 3 heteroatoms. The van der Waals surface area contributed by atoms with Crippen molar-refractivity contribution in [2.24, 2.45) is 47.3 Å². The number of carbonyl (C=O) groups is 2. The highest BCUT2D eigenvalue weighted by molar-refractivity contribution is 6.23. The largest absolute Gasteiger partial charge is 0.274 e. The Morgan fingerprint density at radius 3 is 1.70 bits per heavy atom. The molecule has 1 aromatic carbocycles. The van der Waals surface area contributed by atoms with E-state index in [4.69, 9.17) is 0 Å². The number of anilines is 1. The van der Waals surface area contributed by atoms with Crippen LogP contribution in [0.4, 0.5) is 5.69 Å². The lowest BCUT2D eigenvalue weighted by molar-refractivity contribution is -0.122. The van der Waals surface area contributed by atoms with Crippen molar-refractivity contribution in [1.29, 1.82) is 0 Å². The van der Waals surface area contributed by atoms with Crippen molar-refractivity contribution in [1.82, 2.24) is 0 Å². The van der Waals surface area contributed by atoms with Gasteiger partial charge in [0.05, 0.1) is 17.5 Å². The van der Waals surface area contributed by atoms with Gasteiger partial charge in [-0.3, -0.25) is 9.59 Å². The Morgan fingerprint density at radius 2 is 1.20 bits per heavy atom. The fourth-order valence-corrected chi connectivity index (χ4v) is 8.65. The lowest BCUT2D eigenvalue weighted by atomic mass is 9.53. The summed E-state index contributed by atoms with van der Waals surface area (Å²) < 4.78 is 0. The number of rotatable bonds is 1. The van der Waals surface area contributed by atoms with Gasteiger partial charge in [-0.25, -0.2) is 4.90 Å². The van der Waals surface area contributed by atoms with Gasteiger partial charge in [0.2, 0.25) is 11.8 Å². The van der Waals surface area contributed by atoms with Crippen molar-refractivity contribution in [3.63, 3.8) is 0 Å². The molecule has 1 aliphatic heterocycles. The highest BCUT2D eigenvalue weighted by atomic mass is 16.2. The first-order valence-corrected chi connectivity index (χ1v) is 11.9. The van der Waals surface area contributed by atoms with Gasteiger partial charge in [-0.2, -0.15) is 0 Å². The summed E-state index contributed by atoms with van der Waals surface area (Å²) in [6.07, 6.45) is 11.4. The maximum atomic E-state index is 13.6. The number of aryl methyl sites for hydroxylation is 2. The normalized spacial score (nSPS) is 42.8. The number of fused-ring (bicyclic) bond motifs is 5. The van der Waals surface area contributed by atoms with Crippen molar-refractivity contribution >= 4 is 17.5 Å². The van der Waals surface area contributed by atoms with Gasteiger partial charge in [0, 0.05) is 11.8 Å². The van der Waals surface area contributed by atoms with Gasteiger partial charge in [-0.05, 0) is 92.9 Å². The average molecular weight is 400 g/mol. The zero-order valence-corrected chi connectivity index (χ0v) is 17.8. The highest BCUT2D eigenvalue weighted by Gasteiger charge is 2.63. The fourth-order valence-electron chi connectivity index (χ4n) is 8.65. The molecule has 8 rings (SSSR count). The van der Waals surface area contributed by atoms with Gasteiger partial charge in [-0.15, -0.1) is 0 Å². The van der Waals surface area contributed by atoms with Gasteiger partial charge in [0.1, 0.15) is 0 Å². The molecule has 6 fully saturated rings. The molecule has 1 aromatic rings. The van der Waals surface area contributed by atoms with E-state index >= 15 is 0 Å². The standard InChI is InChI=1S/C27H29NO2/c1-13-5-14(2)7-19(6-13)28-26(29)24-20-3-4-21(25(24)27(28)30)23(20)22-17-9-15-8-16(11-17)12-18(22)10-15/h3-7,15-18,20-21,24-25H,8-12H2,1-2H3/t15?,16?,17?,18?,20-,21+,24-,25-/m0/s1. The van der Waals surface area contributed by atoms with E-state index in [1.165, 1.54) is 42.6 Å². The van der Waals surface area contributed by atoms with Gasteiger partial charge in [0.15, 0.2) is 0 Å². The minimum absolute atomic E-state index is 0.0359. The molecule has 0 unspecified atom stereocenters. The summed E-state index contributed by atoms with van der Waals surface area (Å²) >= 11 is 0. The summed E-state index contributed by atoms with van der Waals surface area (Å²) in [5.74, 6) is 3.41. The molecule has 2 amide bonds. The topological polar surface area (TPSA) is 37.4 Å². The second-order valence-corrected chi connectivity index (χ2v) is 11.1. The van der Waals surface area contributed by atoms with Crippen LogP contribution in [0, 0.1) is 61.2 Å². The summed E-state index contributed by atoms with van der Waals surface area (Å²) in [6.45, 7) is 4.06. The molecular weight excluding hydrogens is 370 g/mol. The van der Waals surface area contributed by atoms with Gasteiger partial charge < -0.3 is 0 Å². The van der Waals surface area contributed by atoms with Crippen molar-refractivity contribution in [3.05, 3.63) is 52.6 Å². The summed E-state index contributed by atoms with van der Waals surface area (Å²) in [5, 5.41) is 0. The van der Waals surface area contributed by atoms with Crippen LogP contribution in [-0.2, 0) is 9.59 Å². The number of allylic oxidation sites excluding steroid dienone is 4. The van der Waals surface area contributed by atoms with E-state index in [0.29, 0.717) is 0 Å². The van der Waals surface area contributed by atoms with Crippen molar-refractivity contribution in [3.8, 4) is 0 Å². The third kappa shape index (κ3) is 2.11. The van der Waals surface area contributed by atoms with Crippen LogP contribution in [0.2, 0.25) is 0 Å². The number of carbonyl (C=O) groups excluding carboxylic acids is 2. The fraction of sp³-hybridized carbons (Fsp3) is 0.556. The Morgan fingerprint density at radius 1 is 0.700 bits per heavy atom. The molecule has 1 heterocycles. The van der Waals surface area contributed by atoms with Crippen molar-refractivity contribution < 1.29 is 9.59 Å². The van der Waals surface area contributed by atoms with E-state index < -0.39 is 0 Å². The molecule has 0 aromatic heterocycles. The van der Waals surface area contributed by atoms with Gasteiger partial charge in [-0.1, -0.05) is 29.4 Å². The third-order valence-corrected chi connectivity index (χ3v) is 9.23. The van der Waals surface area contributed by atoms with Crippen LogP contribution in [0.5, 0.6) is 0 Å². The second-order valence-electron chi connectivity index (χ2n) is 11.1. The molecule has 0 N–H and O–H groups in total. The van der Waals surface area contributed by atoms with E-state index in [2.05, 4.69) is 18.2 Å². The Balaban J connectivity index is 1.29. The first kappa shape index (κ1) is 17.5. The van der Waals surface area contributed by atoms with Crippen LogP contribution in [0.3, 0.4) is 0 Å². The molecule has 7 aliphatic rings. The van der Waals surface area contributed by atoms with E-state index in [9.17, 15) is 9.59 Å². The highest BCUT2D eigenvalue weighted by Crippen LogP contribution is 2.63. The smallest absolute Gasteiger partial charge is 0.238 e. The van der Waals surface area contributed by atoms with Crippen LogP contribution in [0.1, 0.15) is 43.2 Å². The van der Waals surface area contributed by atoms with E-state index in [1.54, 1.807) is 5.57 Å². The van der Waals surface area contributed by atoms with E-state index in [-0.39, 0.29) is 35.5 Å². The van der Waals surface area contributed by atoms with Crippen molar-refractivity contribution in [2.75, 3.05) is 4.90 Å².